The predicted octanol–water partition coefficient (Wildman–Crippen LogP) is 3.36. The van der Waals surface area contributed by atoms with Crippen LogP contribution in [0, 0.1) is 12.8 Å². The minimum atomic E-state index is 0.0791. The van der Waals surface area contributed by atoms with Crippen molar-refractivity contribution < 1.29 is 4.74 Å². The largest absolute Gasteiger partial charge is 0.383 e. The monoisotopic (exact) mass is 320 g/mol. The fraction of sp³-hybridized carbons (Fsp3) is 0.500. The van der Waals surface area contributed by atoms with E-state index in [4.69, 9.17) is 16.3 Å². The number of aryl methyl sites for hydroxylation is 2. The number of hydrogen-bond acceptors (Lipinski definition) is 4. The number of nitrogens with zero attached hydrogens (tertiary/aromatic N) is 3. The quantitative estimate of drug-likeness (QED) is 0.938. The molecular weight excluding hydrogens is 300 g/mol. The second kappa shape index (κ2) is 6.67. The maximum atomic E-state index is 6.30. The zero-order valence-corrected chi connectivity index (χ0v) is 13.7. The number of hydrogen-bond donors (Lipinski definition) is 1. The third-order valence-electron chi connectivity index (χ3n) is 4.21. The van der Waals surface area contributed by atoms with Crippen LogP contribution >= 0.6 is 11.6 Å². The van der Waals surface area contributed by atoms with Gasteiger partial charge in [-0.25, -0.2) is 0 Å². The van der Waals surface area contributed by atoms with Crippen LogP contribution in [0.3, 0.4) is 0 Å². The van der Waals surface area contributed by atoms with E-state index in [1.807, 2.05) is 37.0 Å². The molecule has 5 nitrogen and oxygen atoms in total. The average Bonchev–Trinajstić information content (AvgIpc) is 2.95. The van der Waals surface area contributed by atoms with E-state index in [1.54, 1.807) is 6.20 Å². The molecule has 2 atom stereocenters. The predicted molar refractivity (Wildman–Crippen MR) is 87.1 cm³/mol. The summed E-state index contributed by atoms with van der Waals surface area (Å²) in [5, 5.41) is 8.40. The van der Waals surface area contributed by atoms with Gasteiger partial charge < -0.3 is 10.1 Å². The zero-order chi connectivity index (χ0) is 15.5. The van der Waals surface area contributed by atoms with E-state index < -0.39 is 0 Å². The van der Waals surface area contributed by atoms with Crippen molar-refractivity contribution in [3.05, 3.63) is 40.9 Å². The summed E-state index contributed by atoms with van der Waals surface area (Å²) in [7, 11) is 1.96. The molecule has 3 rings (SSSR count). The summed E-state index contributed by atoms with van der Waals surface area (Å²) >= 11 is 6.30. The first-order valence-corrected chi connectivity index (χ1v) is 7.99. The molecule has 0 aromatic carbocycles. The molecular formula is C16H21ClN4O. The Morgan fingerprint density at radius 3 is 3.05 bits per heavy atom. The highest BCUT2D eigenvalue weighted by Gasteiger charge is 2.29. The van der Waals surface area contributed by atoms with E-state index in [0.29, 0.717) is 10.9 Å². The molecule has 1 aliphatic heterocycles. The summed E-state index contributed by atoms with van der Waals surface area (Å²) in [5.74, 6) is 0.397. The van der Waals surface area contributed by atoms with Gasteiger partial charge >= 0.3 is 0 Å². The molecule has 0 unspecified atom stereocenters. The standard InChI is InChI=1S/C16H21ClN4O/c1-11-15(17)13(5-7-18-11)19-10-12-4-3-9-22-16(12)14-6-8-20-21(14)2/h5-8,12,16H,3-4,9-10H2,1-2H3,(H,18,19)/t12-,16+/m0/s1. The molecule has 2 aromatic heterocycles. The van der Waals surface area contributed by atoms with Crippen LogP contribution in [0.25, 0.3) is 0 Å². The first-order chi connectivity index (χ1) is 10.7. The molecule has 1 N–H and O–H groups in total. The van der Waals surface area contributed by atoms with E-state index in [1.165, 1.54) is 0 Å². The lowest BCUT2D eigenvalue weighted by atomic mass is 9.92. The molecule has 22 heavy (non-hydrogen) atoms. The molecule has 0 bridgehead atoms. The van der Waals surface area contributed by atoms with Crippen LogP contribution in [0.2, 0.25) is 5.02 Å². The molecule has 0 saturated carbocycles. The molecule has 1 saturated heterocycles. The highest BCUT2D eigenvalue weighted by Crippen LogP contribution is 2.34. The molecule has 0 aliphatic carbocycles. The first-order valence-electron chi connectivity index (χ1n) is 7.61. The summed E-state index contributed by atoms with van der Waals surface area (Å²) in [6.07, 6.45) is 5.89. The minimum Gasteiger partial charge on any atom is -0.383 e. The van der Waals surface area contributed by atoms with Crippen LogP contribution in [0.1, 0.15) is 30.3 Å². The molecule has 6 heteroatoms. The number of aromatic nitrogens is 3. The SMILES string of the molecule is Cc1nccc(NC[C@@H]2CCCO[C@H]2c2ccnn2C)c1Cl. The third-order valence-corrected chi connectivity index (χ3v) is 4.69. The second-order valence-corrected chi connectivity index (χ2v) is 6.09. The van der Waals surface area contributed by atoms with Crippen molar-refractivity contribution in [3.8, 4) is 0 Å². The third kappa shape index (κ3) is 3.10. The van der Waals surface area contributed by atoms with Gasteiger partial charge in [0, 0.05) is 38.5 Å². The summed E-state index contributed by atoms with van der Waals surface area (Å²) in [4.78, 5) is 4.19. The van der Waals surface area contributed by atoms with Gasteiger partial charge in [0.1, 0.15) is 6.10 Å². The lowest BCUT2D eigenvalue weighted by molar-refractivity contribution is -0.0284. The molecule has 0 spiro atoms. The fourth-order valence-electron chi connectivity index (χ4n) is 2.97. The number of halogens is 1. The van der Waals surface area contributed by atoms with Gasteiger partial charge in [-0.2, -0.15) is 5.10 Å². The van der Waals surface area contributed by atoms with Crippen molar-refractivity contribution in [2.24, 2.45) is 13.0 Å². The lowest BCUT2D eigenvalue weighted by Gasteiger charge is -2.32. The van der Waals surface area contributed by atoms with Crippen molar-refractivity contribution in [2.45, 2.75) is 25.9 Å². The molecule has 3 heterocycles. The molecule has 1 fully saturated rings. The van der Waals surface area contributed by atoms with E-state index in [-0.39, 0.29) is 6.10 Å². The van der Waals surface area contributed by atoms with Gasteiger partial charge in [0.05, 0.1) is 22.1 Å². The summed E-state index contributed by atoms with van der Waals surface area (Å²) < 4.78 is 7.91. The summed E-state index contributed by atoms with van der Waals surface area (Å²) in [6.45, 7) is 3.54. The zero-order valence-electron chi connectivity index (χ0n) is 12.9. The van der Waals surface area contributed by atoms with Crippen molar-refractivity contribution in [1.29, 1.82) is 0 Å². The summed E-state index contributed by atoms with van der Waals surface area (Å²) in [5.41, 5.74) is 2.90. The van der Waals surface area contributed by atoms with Crippen LogP contribution in [0.15, 0.2) is 24.5 Å². The van der Waals surface area contributed by atoms with E-state index in [0.717, 1.165) is 43.1 Å². The first kappa shape index (κ1) is 15.3. The fourth-order valence-corrected chi connectivity index (χ4v) is 3.15. The number of rotatable bonds is 4. The van der Waals surface area contributed by atoms with Crippen LogP contribution in [0.5, 0.6) is 0 Å². The van der Waals surface area contributed by atoms with E-state index in [2.05, 4.69) is 15.4 Å². The van der Waals surface area contributed by atoms with Gasteiger partial charge in [-0.3, -0.25) is 9.67 Å². The molecule has 118 valence electrons. The van der Waals surface area contributed by atoms with Crippen molar-refractivity contribution >= 4 is 17.3 Å². The lowest BCUT2D eigenvalue weighted by Crippen LogP contribution is -2.29. The van der Waals surface area contributed by atoms with Crippen molar-refractivity contribution in [2.75, 3.05) is 18.5 Å². The Kier molecular flexibility index (Phi) is 4.64. The number of pyridine rings is 1. The Morgan fingerprint density at radius 2 is 2.27 bits per heavy atom. The number of anilines is 1. The van der Waals surface area contributed by atoms with Gasteiger partial charge in [-0.1, -0.05) is 11.6 Å². The second-order valence-electron chi connectivity index (χ2n) is 5.71. The Morgan fingerprint density at radius 1 is 1.41 bits per heavy atom. The van der Waals surface area contributed by atoms with Crippen LogP contribution in [0.4, 0.5) is 5.69 Å². The van der Waals surface area contributed by atoms with Gasteiger partial charge in [0.2, 0.25) is 0 Å². The normalized spacial score (nSPS) is 21.8. The van der Waals surface area contributed by atoms with Gasteiger partial charge in [0.25, 0.3) is 0 Å². The summed E-state index contributed by atoms with van der Waals surface area (Å²) in [6, 6.07) is 3.95. The maximum Gasteiger partial charge on any atom is 0.104 e. The van der Waals surface area contributed by atoms with E-state index >= 15 is 0 Å². The highest BCUT2D eigenvalue weighted by molar-refractivity contribution is 6.33. The smallest absolute Gasteiger partial charge is 0.104 e. The Labute approximate surface area is 135 Å². The van der Waals surface area contributed by atoms with Crippen LogP contribution < -0.4 is 5.32 Å². The molecule has 0 radical (unpaired) electrons. The Bertz CT molecular complexity index is 643. The maximum absolute atomic E-state index is 6.30. The topological polar surface area (TPSA) is 52.0 Å². The minimum absolute atomic E-state index is 0.0791. The average molecular weight is 321 g/mol. The molecule has 1 aliphatic rings. The van der Waals surface area contributed by atoms with Crippen molar-refractivity contribution in [3.63, 3.8) is 0 Å². The van der Waals surface area contributed by atoms with Crippen LogP contribution in [-0.4, -0.2) is 27.9 Å². The Hall–Kier alpha value is -1.59. The Balaban J connectivity index is 1.72. The molecule has 0 amide bonds. The van der Waals surface area contributed by atoms with Gasteiger partial charge in [0.15, 0.2) is 0 Å². The van der Waals surface area contributed by atoms with Crippen molar-refractivity contribution in [1.82, 2.24) is 14.8 Å². The number of nitrogens with one attached hydrogen (secondary N) is 1. The van der Waals surface area contributed by atoms with E-state index in [9.17, 15) is 0 Å². The van der Waals surface area contributed by atoms with Gasteiger partial charge in [-0.15, -0.1) is 0 Å². The highest BCUT2D eigenvalue weighted by atomic mass is 35.5. The van der Waals surface area contributed by atoms with Crippen LogP contribution in [-0.2, 0) is 11.8 Å². The van der Waals surface area contributed by atoms with Gasteiger partial charge in [-0.05, 0) is 31.9 Å². The number of ether oxygens (including phenoxy) is 1. The molecule has 2 aromatic rings.